The zero-order valence-corrected chi connectivity index (χ0v) is 7.29. The summed E-state index contributed by atoms with van der Waals surface area (Å²) < 4.78 is 0. The maximum Gasteiger partial charge on any atom is 0.356 e. The highest BCUT2D eigenvalue weighted by Gasteiger charge is 2.20. The quantitative estimate of drug-likeness (QED) is 0.322. The first kappa shape index (κ1) is 9.57. The van der Waals surface area contributed by atoms with E-state index >= 15 is 0 Å². The van der Waals surface area contributed by atoms with Gasteiger partial charge < -0.3 is 16.7 Å². The lowest BCUT2D eigenvalue weighted by molar-refractivity contribution is -0.129. The molecule has 0 amide bonds. The van der Waals surface area contributed by atoms with Crippen molar-refractivity contribution in [3.63, 3.8) is 0 Å². The Labute approximate surface area is 76.1 Å². The smallest absolute Gasteiger partial charge is 0.356 e. The molecule has 72 valence electrons. The number of nitrogens with two attached hydrogens (primary N) is 2. The first-order valence-corrected chi connectivity index (χ1v) is 4.16. The number of aliphatic carboxylic acids is 1. The molecule has 5 N–H and O–H groups in total. The highest BCUT2D eigenvalue weighted by Crippen LogP contribution is 2.22. The normalized spacial score (nSPS) is 18.9. The van der Waals surface area contributed by atoms with Crippen LogP contribution in [-0.2, 0) is 4.79 Å². The van der Waals surface area contributed by atoms with Crippen molar-refractivity contribution in [1.82, 2.24) is 0 Å². The number of carboxylic acids is 1. The van der Waals surface area contributed by atoms with E-state index in [1.807, 2.05) is 0 Å². The molecule has 1 rings (SSSR count). The molecule has 0 heterocycles. The second-order valence-corrected chi connectivity index (χ2v) is 2.99. The zero-order chi connectivity index (χ0) is 9.84. The Morgan fingerprint density at radius 2 is 2.00 bits per heavy atom. The third kappa shape index (κ3) is 1.99. The molecule has 1 aliphatic rings. The molecule has 0 saturated carbocycles. The molecule has 0 saturated heterocycles. The van der Waals surface area contributed by atoms with Gasteiger partial charge in [0.25, 0.3) is 0 Å². The Bertz CT molecular complexity index is 281. The molecule has 13 heavy (non-hydrogen) atoms. The number of hydrogen-bond donors (Lipinski definition) is 3. The molecular formula is C8H13N3O2. The van der Waals surface area contributed by atoms with E-state index in [1.54, 1.807) is 0 Å². The van der Waals surface area contributed by atoms with Gasteiger partial charge in [-0.05, 0) is 25.7 Å². The van der Waals surface area contributed by atoms with Gasteiger partial charge in [-0.1, -0.05) is 0 Å². The van der Waals surface area contributed by atoms with Gasteiger partial charge in [-0.25, -0.2) is 4.79 Å². The van der Waals surface area contributed by atoms with Crippen molar-refractivity contribution in [1.29, 1.82) is 0 Å². The summed E-state index contributed by atoms with van der Waals surface area (Å²) in [5, 5.41) is 12.0. The third-order valence-electron chi connectivity index (χ3n) is 2.13. The lowest BCUT2D eigenvalue weighted by Crippen LogP contribution is -2.23. The van der Waals surface area contributed by atoms with E-state index in [-0.39, 0.29) is 5.71 Å². The van der Waals surface area contributed by atoms with Gasteiger partial charge in [0.05, 0.1) is 0 Å². The number of nitrogens with zero attached hydrogens (tertiary/aromatic N) is 1. The zero-order valence-electron chi connectivity index (χ0n) is 7.29. The Hall–Kier alpha value is -1.52. The predicted molar refractivity (Wildman–Crippen MR) is 48.9 cm³/mol. The van der Waals surface area contributed by atoms with Gasteiger partial charge in [-0.3, -0.25) is 0 Å². The highest BCUT2D eigenvalue weighted by molar-refractivity contribution is 6.42. The summed E-state index contributed by atoms with van der Waals surface area (Å²) in [7, 11) is 0. The number of carboxylic acid groups (broad SMARTS) is 1. The molecular weight excluding hydrogens is 170 g/mol. The maximum absolute atomic E-state index is 10.7. The van der Waals surface area contributed by atoms with Crippen LogP contribution in [-0.4, -0.2) is 16.8 Å². The minimum Gasteiger partial charge on any atom is -0.476 e. The molecule has 0 aliphatic heterocycles. The van der Waals surface area contributed by atoms with E-state index in [0.717, 1.165) is 19.3 Å². The molecule has 0 radical (unpaired) electrons. The van der Waals surface area contributed by atoms with Crippen molar-refractivity contribution in [2.45, 2.75) is 25.7 Å². The van der Waals surface area contributed by atoms with Crippen LogP contribution >= 0.6 is 0 Å². The van der Waals surface area contributed by atoms with E-state index in [0.29, 0.717) is 17.7 Å². The Kier molecular flexibility index (Phi) is 2.89. The lowest BCUT2D eigenvalue weighted by atomic mass is 9.93. The van der Waals surface area contributed by atoms with Gasteiger partial charge in [-0.2, -0.15) is 5.10 Å². The largest absolute Gasteiger partial charge is 0.476 e. The van der Waals surface area contributed by atoms with Gasteiger partial charge in [0.15, 0.2) is 5.71 Å². The van der Waals surface area contributed by atoms with Crippen molar-refractivity contribution in [3.05, 3.63) is 11.3 Å². The molecule has 0 aromatic heterocycles. The molecule has 5 heteroatoms. The summed E-state index contributed by atoms with van der Waals surface area (Å²) in [6.45, 7) is 0. The molecule has 0 unspecified atom stereocenters. The summed E-state index contributed by atoms with van der Waals surface area (Å²) in [4.78, 5) is 10.7. The second-order valence-electron chi connectivity index (χ2n) is 2.99. The molecule has 0 atom stereocenters. The molecule has 0 aromatic carbocycles. The molecule has 0 bridgehead atoms. The average Bonchev–Trinajstić information content (AvgIpc) is 2.09. The Morgan fingerprint density at radius 3 is 2.46 bits per heavy atom. The van der Waals surface area contributed by atoms with Crippen LogP contribution in [0.25, 0.3) is 0 Å². The van der Waals surface area contributed by atoms with E-state index in [2.05, 4.69) is 5.10 Å². The minimum absolute atomic E-state index is 0.0998. The monoisotopic (exact) mass is 183 g/mol. The van der Waals surface area contributed by atoms with Crippen molar-refractivity contribution in [2.75, 3.05) is 0 Å². The summed E-state index contributed by atoms with van der Waals surface area (Å²) in [5.74, 6) is 3.88. The van der Waals surface area contributed by atoms with Gasteiger partial charge in [0.1, 0.15) is 0 Å². The van der Waals surface area contributed by atoms with Crippen LogP contribution < -0.4 is 11.6 Å². The van der Waals surface area contributed by atoms with Gasteiger partial charge in [-0.15, -0.1) is 0 Å². The Morgan fingerprint density at radius 1 is 1.38 bits per heavy atom. The number of hydrogen-bond acceptors (Lipinski definition) is 4. The maximum atomic E-state index is 10.7. The molecule has 1 aliphatic carbocycles. The Balaban J connectivity index is 2.97. The van der Waals surface area contributed by atoms with Gasteiger partial charge >= 0.3 is 5.97 Å². The molecule has 5 nitrogen and oxygen atoms in total. The summed E-state index contributed by atoms with van der Waals surface area (Å²) in [6, 6.07) is 0. The fourth-order valence-electron chi connectivity index (χ4n) is 1.46. The summed E-state index contributed by atoms with van der Waals surface area (Å²) in [6.07, 6.45) is 3.35. The number of carbonyl (C=O) groups is 1. The summed E-state index contributed by atoms with van der Waals surface area (Å²) >= 11 is 0. The predicted octanol–water partition coefficient (Wildman–Crippen LogP) is 0.172. The van der Waals surface area contributed by atoms with E-state index in [9.17, 15) is 4.79 Å². The van der Waals surface area contributed by atoms with Crippen molar-refractivity contribution < 1.29 is 9.90 Å². The standard InChI is InChI=1S/C8H13N3O2/c9-6-4-2-1-3-5(6)7(11-10)8(12)13/h1-4,9-10H2,(H,12,13)/b11-7-. The topological polar surface area (TPSA) is 102 Å². The third-order valence-corrected chi connectivity index (χ3v) is 2.13. The first-order chi connectivity index (χ1) is 6.16. The second kappa shape index (κ2) is 3.93. The molecule has 0 spiro atoms. The van der Waals surface area contributed by atoms with Crippen LogP contribution in [0.2, 0.25) is 0 Å². The van der Waals surface area contributed by atoms with E-state index in [1.165, 1.54) is 0 Å². The number of rotatable bonds is 2. The molecule has 0 fully saturated rings. The SMILES string of the molecule is N/N=C(\C(=O)O)C1=C(N)CCCC1. The fourth-order valence-corrected chi connectivity index (χ4v) is 1.46. The van der Waals surface area contributed by atoms with Crippen LogP contribution in [0, 0.1) is 0 Å². The highest BCUT2D eigenvalue weighted by atomic mass is 16.4. The van der Waals surface area contributed by atoms with E-state index in [4.69, 9.17) is 16.7 Å². The molecule has 0 aromatic rings. The number of allylic oxidation sites excluding steroid dienone is 1. The first-order valence-electron chi connectivity index (χ1n) is 4.16. The van der Waals surface area contributed by atoms with Gasteiger partial charge in [0.2, 0.25) is 0 Å². The van der Waals surface area contributed by atoms with Crippen LogP contribution in [0.3, 0.4) is 0 Å². The lowest BCUT2D eigenvalue weighted by Gasteiger charge is -2.16. The van der Waals surface area contributed by atoms with E-state index < -0.39 is 5.97 Å². The van der Waals surface area contributed by atoms with Crippen LogP contribution in [0.5, 0.6) is 0 Å². The van der Waals surface area contributed by atoms with Crippen molar-refractivity contribution in [2.24, 2.45) is 16.7 Å². The van der Waals surface area contributed by atoms with Crippen molar-refractivity contribution >= 4 is 11.7 Å². The van der Waals surface area contributed by atoms with Crippen molar-refractivity contribution in [3.8, 4) is 0 Å². The fraction of sp³-hybridized carbons (Fsp3) is 0.500. The van der Waals surface area contributed by atoms with Crippen LogP contribution in [0.1, 0.15) is 25.7 Å². The van der Waals surface area contributed by atoms with Crippen LogP contribution in [0.15, 0.2) is 16.4 Å². The summed E-state index contributed by atoms with van der Waals surface area (Å²) in [5.41, 5.74) is 6.78. The van der Waals surface area contributed by atoms with Crippen LogP contribution in [0.4, 0.5) is 0 Å². The average molecular weight is 183 g/mol. The minimum atomic E-state index is -1.11. The number of hydrazone groups is 1. The van der Waals surface area contributed by atoms with Gasteiger partial charge in [0, 0.05) is 11.3 Å².